The molecule has 0 fully saturated rings. The van der Waals surface area contributed by atoms with E-state index in [2.05, 4.69) is 79.4 Å². The van der Waals surface area contributed by atoms with Gasteiger partial charge in [-0.3, -0.25) is 0 Å². The van der Waals surface area contributed by atoms with E-state index in [9.17, 15) is 4.79 Å². The molecule has 0 aliphatic carbocycles. The molecule has 0 saturated carbocycles. The minimum atomic E-state index is 0.0221. The Bertz CT molecular complexity index is 773. The molecule has 0 aliphatic heterocycles. The van der Waals surface area contributed by atoms with Crippen LogP contribution in [-0.2, 0) is 27.5 Å². The standard InChI is InChI=1S/C23H35NO/c1-21(2,3)15-13-17-16(11-10-12-25)20(23(7,8)9)24-19(17)18(14-15)22(4,5)6/h12-14,24H,10-11H2,1-9H3. The molecular formula is C23H35NO. The van der Waals surface area contributed by atoms with Crippen LogP contribution in [0.2, 0.25) is 0 Å². The first-order valence-corrected chi connectivity index (χ1v) is 9.40. The number of benzene rings is 1. The van der Waals surface area contributed by atoms with Crippen LogP contribution in [-0.4, -0.2) is 11.3 Å². The smallest absolute Gasteiger partial charge is 0.120 e. The lowest BCUT2D eigenvalue weighted by Crippen LogP contribution is -2.17. The van der Waals surface area contributed by atoms with Crippen molar-refractivity contribution in [3.05, 3.63) is 34.5 Å². The number of hydrogen-bond donors (Lipinski definition) is 1. The van der Waals surface area contributed by atoms with Crippen molar-refractivity contribution >= 4 is 17.2 Å². The van der Waals surface area contributed by atoms with Gasteiger partial charge in [-0.1, -0.05) is 68.4 Å². The van der Waals surface area contributed by atoms with Gasteiger partial charge in [0.05, 0.1) is 0 Å². The third kappa shape index (κ3) is 3.99. The number of carbonyl (C=O) groups is 1. The fourth-order valence-electron chi connectivity index (χ4n) is 3.48. The van der Waals surface area contributed by atoms with E-state index < -0.39 is 0 Å². The van der Waals surface area contributed by atoms with Gasteiger partial charge in [0, 0.05) is 28.4 Å². The van der Waals surface area contributed by atoms with E-state index >= 15 is 0 Å². The largest absolute Gasteiger partial charge is 0.357 e. The molecule has 1 N–H and O–H groups in total. The molecule has 138 valence electrons. The fourth-order valence-corrected chi connectivity index (χ4v) is 3.48. The second-order valence-corrected chi connectivity index (χ2v) is 10.4. The molecule has 0 unspecified atom stereocenters. The Hall–Kier alpha value is -1.57. The third-order valence-electron chi connectivity index (χ3n) is 4.95. The van der Waals surface area contributed by atoms with Crippen molar-refractivity contribution in [3.63, 3.8) is 0 Å². The van der Waals surface area contributed by atoms with Gasteiger partial charge in [0.1, 0.15) is 6.29 Å². The summed E-state index contributed by atoms with van der Waals surface area (Å²) in [5, 5.41) is 1.30. The van der Waals surface area contributed by atoms with Gasteiger partial charge in [0.15, 0.2) is 0 Å². The second-order valence-electron chi connectivity index (χ2n) is 10.4. The van der Waals surface area contributed by atoms with Gasteiger partial charge in [-0.15, -0.1) is 0 Å². The molecule has 2 rings (SSSR count). The first-order chi connectivity index (χ1) is 11.3. The summed E-state index contributed by atoms with van der Waals surface area (Å²) in [6, 6.07) is 4.71. The first-order valence-electron chi connectivity index (χ1n) is 9.40. The van der Waals surface area contributed by atoms with Gasteiger partial charge in [-0.05, 0) is 40.0 Å². The monoisotopic (exact) mass is 341 g/mol. The highest BCUT2D eigenvalue weighted by Gasteiger charge is 2.28. The van der Waals surface area contributed by atoms with E-state index in [1.165, 1.54) is 33.3 Å². The average Bonchev–Trinajstić information content (AvgIpc) is 2.80. The number of carbonyl (C=O) groups excluding carboxylic acids is 1. The minimum absolute atomic E-state index is 0.0221. The number of fused-ring (bicyclic) bond motifs is 1. The molecule has 2 heteroatoms. The van der Waals surface area contributed by atoms with E-state index in [-0.39, 0.29) is 16.2 Å². The maximum atomic E-state index is 11.0. The van der Waals surface area contributed by atoms with Crippen molar-refractivity contribution < 1.29 is 4.79 Å². The Morgan fingerprint density at radius 1 is 0.880 bits per heavy atom. The number of H-pyrrole nitrogens is 1. The second kappa shape index (κ2) is 6.30. The SMILES string of the molecule is CC(C)(C)c1cc(C(C)(C)C)c2[nH]c(C(C)(C)C)c(CCC=O)c2c1. The van der Waals surface area contributed by atoms with Crippen LogP contribution in [0.25, 0.3) is 10.9 Å². The van der Waals surface area contributed by atoms with Crippen LogP contribution in [0.3, 0.4) is 0 Å². The van der Waals surface area contributed by atoms with E-state index in [1.54, 1.807) is 0 Å². The molecule has 2 nitrogen and oxygen atoms in total. The third-order valence-corrected chi connectivity index (χ3v) is 4.95. The summed E-state index contributed by atoms with van der Waals surface area (Å²) in [5.41, 5.74) is 6.71. The van der Waals surface area contributed by atoms with Crippen LogP contribution in [0.5, 0.6) is 0 Å². The number of rotatable bonds is 3. The average molecular weight is 342 g/mol. The number of aldehydes is 1. The number of aryl methyl sites for hydroxylation is 1. The lowest BCUT2D eigenvalue weighted by molar-refractivity contribution is -0.107. The van der Waals surface area contributed by atoms with Crippen LogP contribution < -0.4 is 0 Å². The van der Waals surface area contributed by atoms with Crippen molar-refractivity contribution in [1.29, 1.82) is 0 Å². The van der Waals surface area contributed by atoms with Crippen LogP contribution in [0.1, 0.15) is 91.1 Å². The summed E-state index contributed by atoms with van der Waals surface area (Å²) >= 11 is 0. The maximum absolute atomic E-state index is 11.0. The quantitative estimate of drug-likeness (QED) is 0.663. The number of aromatic nitrogens is 1. The summed E-state index contributed by atoms with van der Waals surface area (Å²) < 4.78 is 0. The Morgan fingerprint density at radius 3 is 1.92 bits per heavy atom. The number of aromatic amines is 1. The lowest BCUT2D eigenvalue weighted by Gasteiger charge is -2.26. The Labute approximate surface area is 153 Å². The van der Waals surface area contributed by atoms with Crippen LogP contribution in [0, 0.1) is 0 Å². The van der Waals surface area contributed by atoms with Crippen LogP contribution in [0.4, 0.5) is 0 Å². The van der Waals surface area contributed by atoms with Gasteiger partial charge in [0.2, 0.25) is 0 Å². The van der Waals surface area contributed by atoms with Gasteiger partial charge < -0.3 is 9.78 Å². The summed E-state index contributed by atoms with van der Waals surface area (Å²) in [5.74, 6) is 0. The zero-order valence-corrected chi connectivity index (χ0v) is 17.6. The first kappa shape index (κ1) is 19.8. The highest BCUT2D eigenvalue weighted by atomic mass is 16.1. The molecule has 1 aromatic carbocycles. The van der Waals surface area contributed by atoms with E-state index in [4.69, 9.17) is 0 Å². The van der Waals surface area contributed by atoms with Gasteiger partial charge in [-0.2, -0.15) is 0 Å². The molecule has 0 radical (unpaired) electrons. The molecular weight excluding hydrogens is 306 g/mol. The summed E-state index contributed by atoms with van der Waals surface area (Å²) in [4.78, 5) is 14.8. The minimum Gasteiger partial charge on any atom is -0.357 e. The zero-order valence-electron chi connectivity index (χ0n) is 17.6. The van der Waals surface area contributed by atoms with Crippen molar-refractivity contribution in [2.24, 2.45) is 0 Å². The number of hydrogen-bond acceptors (Lipinski definition) is 1. The van der Waals surface area contributed by atoms with Crippen LogP contribution in [0.15, 0.2) is 12.1 Å². The maximum Gasteiger partial charge on any atom is 0.120 e. The molecule has 0 amide bonds. The van der Waals surface area contributed by atoms with Gasteiger partial charge in [0.25, 0.3) is 0 Å². The van der Waals surface area contributed by atoms with Crippen molar-refractivity contribution in [2.45, 2.75) is 91.4 Å². The molecule has 1 heterocycles. The summed E-state index contributed by atoms with van der Waals surface area (Å²) in [6.45, 7) is 20.3. The molecule has 25 heavy (non-hydrogen) atoms. The van der Waals surface area contributed by atoms with Crippen molar-refractivity contribution in [1.82, 2.24) is 4.98 Å². The Morgan fingerprint density at radius 2 is 1.48 bits per heavy atom. The fraction of sp³-hybridized carbons (Fsp3) is 0.609. The van der Waals surface area contributed by atoms with Gasteiger partial charge in [-0.25, -0.2) is 0 Å². The van der Waals surface area contributed by atoms with Crippen molar-refractivity contribution in [2.75, 3.05) is 0 Å². The molecule has 0 bridgehead atoms. The topological polar surface area (TPSA) is 32.9 Å². The molecule has 0 saturated heterocycles. The van der Waals surface area contributed by atoms with Gasteiger partial charge >= 0.3 is 0 Å². The predicted octanol–water partition coefficient (Wildman–Crippen LogP) is 6.19. The van der Waals surface area contributed by atoms with E-state index in [0.29, 0.717) is 6.42 Å². The molecule has 0 spiro atoms. The lowest BCUT2D eigenvalue weighted by atomic mass is 9.79. The molecule has 0 atom stereocenters. The molecule has 2 aromatic rings. The Balaban J connectivity index is 2.93. The normalized spacial score (nSPS) is 13.5. The van der Waals surface area contributed by atoms with E-state index in [0.717, 1.165) is 12.7 Å². The highest BCUT2D eigenvalue weighted by Crippen LogP contribution is 2.40. The highest BCUT2D eigenvalue weighted by molar-refractivity contribution is 5.90. The number of nitrogens with one attached hydrogen (secondary N) is 1. The predicted molar refractivity (Wildman–Crippen MR) is 109 cm³/mol. The Kier molecular flexibility index (Phi) is 4.98. The van der Waals surface area contributed by atoms with Crippen LogP contribution >= 0.6 is 0 Å². The summed E-state index contributed by atoms with van der Waals surface area (Å²) in [7, 11) is 0. The summed E-state index contributed by atoms with van der Waals surface area (Å²) in [6.07, 6.45) is 2.40. The molecule has 0 aliphatic rings. The van der Waals surface area contributed by atoms with Crippen molar-refractivity contribution in [3.8, 4) is 0 Å². The van der Waals surface area contributed by atoms with E-state index in [1.807, 2.05) is 0 Å². The zero-order chi connectivity index (χ0) is 19.2. The molecule has 1 aromatic heterocycles.